The Bertz CT molecular complexity index is 742. The van der Waals surface area contributed by atoms with E-state index < -0.39 is 29.8 Å². The molecule has 2 fully saturated rings. The van der Waals surface area contributed by atoms with Gasteiger partial charge in [-0.25, -0.2) is 9.18 Å². The van der Waals surface area contributed by atoms with Crippen LogP contribution in [0.1, 0.15) is 32.6 Å². The van der Waals surface area contributed by atoms with Gasteiger partial charge in [0.05, 0.1) is 5.69 Å². The van der Waals surface area contributed by atoms with Crippen LogP contribution in [-0.2, 0) is 9.59 Å². The molecule has 8 heteroatoms. The number of anilines is 1. The molecule has 1 saturated carbocycles. The molecule has 3 rings (SSSR count). The maximum Gasteiger partial charge on any atom is 0.325 e. The predicted molar refractivity (Wildman–Crippen MR) is 90.6 cm³/mol. The second-order valence-electron chi connectivity index (χ2n) is 6.61. The van der Waals surface area contributed by atoms with Crippen molar-refractivity contribution in [2.24, 2.45) is 5.92 Å². The van der Waals surface area contributed by atoms with Gasteiger partial charge in [-0.2, -0.15) is 0 Å². The van der Waals surface area contributed by atoms with E-state index in [1.165, 1.54) is 12.1 Å². The van der Waals surface area contributed by atoms with Crippen molar-refractivity contribution in [2.45, 2.75) is 38.1 Å². The zero-order valence-corrected chi connectivity index (χ0v) is 14.5. The van der Waals surface area contributed by atoms with Crippen LogP contribution in [0.4, 0.5) is 14.9 Å². The Kier molecular flexibility index (Phi) is 4.69. The zero-order chi connectivity index (χ0) is 18.2. The molecule has 2 N–H and O–H groups in total. The second kappa shape index (κ2) is 6.63. The fourth-order valence-corrected chi connectivity index (χ4v) is 3.72. The van der Waals surface area contributed by atoms with Crippen molar-refractivity contribution in [1.29, 1.82) is 0 Å². The summed E-state index contributed by atoms with van der Waals surface area (Å²) in [6, 6.07) is 3.26. The van der Waals surface area contributed by atoms with E-state index in [0.29, 0.717) is 6.42 Å². The molecule has 134 valence electrons. The summed E-state index contributed by atoms with van der Waals surface area (Å²) in [5, 5.41) is 5.34. The van der Waals surface area contributed by atoms with Gasteiger partial charge >= 0.3 is 6.03 Å². The molecule has 6 nitrogen and oxygen atoms in total. The largest absolute Gasteiger partial charge is 0.325 e. The summed E-state index contributed by atoms with van der Waals surface area (Å²) < 4.78 is 13.8. The molecular weight excluding hydrogens is 349 g/mol. The van der Waals surface area contributed by atoms with Gasteiger partial charge in [-0.15, -0.1) is 0 Å². The molecule has 4 amide bonds. The maximum atomic E-state index is 13.8. The van der Waals surface area contributed by atoms with E-state index in [0.717, 1.165) is 30.2 Å². The number of hydrogen-bond donors (Lipinski definition) is 2. The fraction of sp³-hybridized carbons (Fsp3) is 0.471. The van der Waals surface area contributed by atoms with Gasteiger partial charge in [0, 0.05) is 5.02 Å². The number of nitrogens with one attached hydrogen (secondary N) is 2. The van der Waals surface area contributed by atoms with Gasteiger partial charge < -0.3 is 10.6 Å². The third-order valence-electron chi connectivity index (χ3n) is 5.01. The molecule has 1 aromatic rings. The summed E-state index contributed by atoms with van der Waals surface area (Å²) in [4.78, 5) is 38.1. The van der Waals surface area contributed by atoms with Crippen molar-refractivity contribution in [2.75, 3.05) is 11.9 Å². The number of urea groups is 1. The van der Waals surface area contributed by atoms with Crippen LogP contribution < -0.4 is 10.6 Å². The number of imide groups is 1. The summed E-state index contributed by atoms with van der Waals surface area (Å²) in [6.45, 7) is 1.48. The monoisotopic (exact) mass is 367 g/mol. The maximum absolute atomic E-state index is 13.8. The molecule has 2 aliphatic rings. The summed E-state index contributed by atoms with van der Waals surface area (Å²) in [5.41, 5.74) is -0.969. The molecular formula is C17H19ClFN3O3. The third kappa shape index (κ3) is 3.20. The lowest BCUT2D eigenvalue weighted by atomic mass is 9.73. The van der Waals surface area contributed by atoms with E-state index in [-0.39, 0.29) is 22.5 Å². The quantitative estimate of drug-likeness (QED) is 0.806. The van der Waals surface area contributed by atoms with Gasteiger partial charge in [0.25, 0.3) is 5.91 Å². The summed E-state index contributed by atoms with van der Waals surface area (Å²) in [6.07, 6.45) is 3.29. The molecule has 1 aromatic carbocycles. The van der Waals surface area contributed by atoms with Crippen LogP contribution in [0.2, 0.25) is 5.02 Å². The van der Waals surface area contributed by atoms with Crippen molar-refractivity contribution in [3.05, 3.63) is 29.0 Å². The van der Waals surface area contributed by atoms with Crippen LogP contribution in [-0.4, -0.2) is 34.8 Å². The number of benzene rings is 1. The van der Waals surface area contributed by atoms with Gasteiger partial charge in [0.1, 0.15) is 17.9 Å². The molecule has 0 radical (unpaired) electrons. The Morgan fingerprint density at radius 1 is 1.44 bits per heavy atom. The second-order valence-corrected chi connectivity index (χ2v) is 7.05. The van der Waals surface area contributed by atoms with E-state index in [9.17, 15) is 18.8 Å². The minimum absolute atomic E-state index is 0.0134. The highest BCUT2D eigenvalue weighted by Crippen LogP contribution is 2.38. The lowest BCUT2D eigenvalue weighted by Crippen LogP contribution is -2.54. The predicted octanol–water partition coefficient (Wildman–Crippen LogP) is 2.92. The first-order valence-corrected chi connectivity index (χ1v) is 8.60. The molecule has 1 spiro atoms. The third-order valence-corrected chi connectivity index (χ3v) is 5.24. The Labute approximate surface area is 149 Å². The number of hydrogen-bond acceptors (Lipinski definition) is 3. The van der Waals surface area contributed by atoms with E-state index in [2.05, 4.69) is 10.6 Å². The standard InChI is InChI=1S/C17H19ClFN3O3/c1-10-4-2-3-7-17(10)15(24)22(16(25)21-17)9-14(23)20-13-6-5-11(18)8-12(13)19/h5-6,8,10H,2-4,7,9H2,1H3,(H,20,23)(H,21,25). The minimum atomic E-state index is -0.916. The molecule has 0 bridgehead atoms. The van der Waals surface area contributed by atoms with Crippen molar-refractivity contribution >= 4 is 35.1 Å². The molecule has 2 unspecified atom stereocenters. The number of amides is 4. The normalized spacial score (nSPS) is 26.0. The topological polar surface area (TPSA) is 78.5 Å². The van der Waals surface area contributed by atoms with Gasteiger partial charge in [0.15, 0.2) is 0 Å². The zero-order valence-electron chi connectivity index (χ0n) is 13.8. The first-order chi connectivity index (χ1) is 11.8. The average molecular weight is 368 g/mol. The Morgan fingerprint density at radius 2 is 2.20 bits per heavy atom. The van der Waals surface area contributed by atoms with E-state index in [4.69, 9.17) is 11.6 Å². The van der Waals surface area contributed by atoms with Gasteiger partial charge in [-0.3, -0.25) is 14.5 Å². The SMILES string of the molecule is CC1CCCCC12NC(=O)N(CC(=O)Nc1ccc(Cl)cc1F)C2=O. The number of halogens is 2. The Morgan fingerprint density at radius 3 is 2.88 bits per heavy atom. The van der Waals surface area contributed by atoms with Crippen molar-refractivity contribution in [1.82, 2.24) is 10.2 Å². The summed E-state index contributed by atoms with van der Waals surface area (Å²) in [5.74, 6) is -1.70. The molecule has 1 aliphatic carbocycles. The van der Waals surface area contributed by atoms with Gasteiger partial charge in [0.2, 0.25) is 5.91 Å². The molecule has 25 heavy (non-hydrogen) atoms. The molecule has 1 aliphatic heterocycles. The first kappa shape index (κ1) is 17.7. The number of carbonyl (C=O) groups excluding carboxylic acids is 3. The lowest BCUT2D eigenvalue weighted by Gasteiger charge is -2.36. The van der Waals surface area contributed by atoms with E-state index in [1.807, 2.05) is 6.92 Å². The Hall–Kier alpha value is -2.15. The molecule has 0 aromatic heterocycles. The van der Waals surface area contributed by atoms with Crippen LogP contribution >= 0.6 is 11.6 Å². The van der Waals surface area contributed by atoms with Crippen molar-refractivity contribution < 1.29 is 18.8 Å². The number of carbonyl (C=O) groups is 3. The van der Waals surface area contributed by atoms with E-state index in [1.54, 1.807) is 0 Å². The summed E-state index contributed by atoms with van der Waals surface area (Å²) in [7, 11) is 0. The van der Waals surface area contributed by atoms with Crippen LogP contribution in [0.25, 0.3) is 0 Å². The van der Waals surface area contributed by atoms with Crippen molar-refractivity contribution in [3.63, 3.8) is 0 Å². The number of rotatable bonds is 3. The van der Waals surface area contributed by atoms with Crippen LogP contribution in [0.5, 0.6) is 0 Å². The van der Waals surface area contributed by atoms with Crippen molar-refractivity contribution in [3.8, 4) is 0 Å². The van der Waals surface area contributed by atoms with Crippen LogP contribution in [0, 0.1) is 11.7 Å². The van der Waals surface area contributed by atoms with E-state index >= 15 is 0 Å². The minimum Gasteiger partial charge on any atom is -0.323 e. The number of nitrogens with zero attached hydrogens (tertiary/aromatic N) is 1. The first-order valence-electron chi connectivity index (χ1n) is 8.22. The molecule has 1 saturated heterocycles. The van der Waals surface area contributed by atoms with Crippen LogP contribution in [0.3, 0.4) is 0 Å². The highest BCUT2D eigenvalue weighted by atomic mass is 35.5. The van der Waals surface area contributed by atoms with Gasteiger partial charge in [-0.1, -0.05) is 31.4 Å². The highest BCUT2D eigenvalue weighted by molar-refractivity contribution is 6.30. The Balaban J connectivity index is 1.71. The van der Waals surface area contributed by atoms with Crippen LogP contribution in [0.15, 0.2) is 18.2 Å². The molecule has 2 atom stereocenters. The molecule has 1 heterocycles. The fourth-order valence-electron chi connectivity index (χ4n) is 3.56. The van der Waals surface area contributed by atoms with Gasteiger partial charge in [-0.05, 0) is 37.0 Å². The highest BCUT2D eigenvalue weighted by Gasteiger charge is 2.55. The lowest BCUT2D eigenvalue weighted by molar-refractivity contribution is -0.136. The summed E-state index contributed by atoms with van der Waals surface area (Å²) >= 11 is 5.67. The smallest absolute Gasteiger partial charge is 0.323 e. The average Bonchev–Trinajstić information content (AvgIpc) is 2.78.